The van der Waals surface area contributed by atoms with E-state index in [-0.39, 0.29) is 24.3 Å². The molecule has 1 heterocycles. The maximum atomic E-state index is 12.9. The number of carbonyl (C=O) groups is 1. The van der Waals surface area contributed by atoms with Crippen LogP contribution in [0.25, 0.3) is 0 Å². The zero-order valence-corrected chi connectivity index (χ0v) is 15.8. The third-order valence-electron chi connectivity index (χ3n) is 5.37. The molecule has 1 aromatic rings. The van der Waals surface area contributed by atoms with Crippen molar-refractivity contribution in [3.8, 4) is 5.75 Å². The lowest BCUT2D eigenvalue weighted by molar-refractivity contribution is -0.0423. The summed E-state index contributed by atoms with van der Waals surface area (Å²) in [5.41, 5.74) is 5.23. The highest BCUT2D eigenvalue weighted by molar-refractivity contribution is 5.85. The lowest BCUT2D eigenvalue weighted by Gasteiger charge is -2.47. The Morgan fingerprint density at radius 2 is 1.92 bits per heavy atom. The zero-order valence-electron chi connectivity index (χ0n) is 14.9. The minimum Gasteiger partial charge on any atom is -0.494 e. The van der Waals surface area contributed by atoms with Crippen LogP contribution in [0.2, 0.25) is 0 Å². The van der Waals surface area contributed by atoms with Crippen LogP contribution in [-0.4, -0.2) is 42.8 Å². The number of nitrogens with zero attached hydrogens (tertiary/aromatic N) is 1. The Bertz CT molecular complexity index is 572. The number of hydrogen-bond donors (Lipinski definition) is 1. The molecule has 2 aliphatic rings. The first-order valence-electron chi connectivity index (χ1n) is 9.22. The van der Waals surface area contributed by atoms with Crippen molar-refractivity contribution in [2.45, 2.75) is 50.7 Å². The summed E-state index contributed by atoms with van der Waals surface area (Å²) >= 11 is 0. The molecule has 1 saturated carbocycles. The number of hydrogen-bond acceptors (Lipinski definition) is 4. The highest BCUT2D eigenvalue weighted by Crippen LogP contribution is 2.37. The number of primary amides is 1. The van der Waals surface area contributed by atoms with E-state index >= 15 is 0 Å². The first-order chi connectivity index (χ1) is 12.1. The standard InChI is InChI=1S/C19H27FN2O3.ClH/c20-14-6-8-15(9-7-14)24-13-3-11-22-12-10-18(25-19(21)23)16-4-1-2-5-17(16)22;/h6-9,16-18H,1-5,10-13H2,(H2,21,23);1H/t16-,17?,18+;/m1./s1. The van der Waals surface area contributed by atoms with Crippen molar-refractivity contribution < 1.29 is 18.7 Å². The lowest BCUT2D eigenvalue weighted by atomic mass is 9.76. The smallest absolute Gasteiger partial charge is 0.404 e. The summed E-state index contributed by atoms with van der Waals surface area (Å²) in [5.74, 6) is 0.843. The summed E-state index contributed by atoms with van der Waals surface area (Å²) in [6, 6.07) is 6.59. The molecule has 0 radical (unpaired) electrons. The predicted octanol–water partition coefficient (Wildman–Crippen LogP) is 3.74. The van der Waals surface area contributed by atoms with Crippen molar-refractivity contribution in [2.75, 3.05) is 19.7 Å². The Hall–Kier alpha value is -1.53. The third kappa shape index (κ3) is 5.48. The van der Waals surface area contributed by atoms with Gasteiger partial charge in [0.05, 0.1) is 6.61 Å². The molecule has 1 amide bonds. The van der Waals surface area contributed by atoms with Crippen LogP contribution in [0, 0.1) is 11.7 Å². The number of likely N-dealkylation sites (tertiary alicyclic amines) is 1. The molecule has 1 aliphatic carbocycles. The molecule has 3 atom stereocenters. The van der Waals surface area contributed by atoms with E-state index in [0.29, 0.717) is 24.3 Å². The first-order valence-corrected chi connectivity index (χ1v) is 9.22. The molecule has 26 heavy (non-hydrogen) atoms. The molecule has 2 N–H and O–H groups in total. The summed E-state index contributed by atoms with van der Waals surface area (Å²) < 4.78 is 23.9. The number of ether oxygens (including phenoxy) is 2. The van der Waals surface area contributed by atoms with Crippen LogP contribution in [0.15, 0.2) is 24.3 Å². The van der Waals surface area contributed by atoms with E-state index in [1.807, 2.05) is 0 Å². The maximum Gasteiger partial charge on any atom is 0.404 e. The van der Waals surface area contributed by atoms with Gasteiger partial charge >= 0.3 is 6.09 Å². The molecule has 0 aromatic heterocycles. The molecule has 0 spiro atoms. The zero-order chi connectivity index (χ0) is 17.6. The molecule has 1 aliphatic heterocycles. The fraction of sp³-hybridized carbons (Fsp3) is 0.632. The Balaban J connectivity index is 0.00000243. The summed E-state index contributed by atoms with van der Waals surface area (Å²) in [6.07, 6.45) is 5.76. The number of carbonyl (C=O) groups excluding carboxylic acids is 1. The molecule has 5 nitrogen and oxygen atoms in total. The lowest BCUT2D eigenvalue weighted by Crippen LogP contribution is -2.54. The molecule has 2 fully saturated rings. The van der Waals surface area contributed by atoms with Gasteiger partial charge in [0.25, 0.3) is 0 Å². The van der Waals surface area contributed by atoms with Crippen molar-refractivity contribution in [3.05, 3.63) is 30.1 Å². The van der Waals surface area contributed by atoms with E-state index in [2.05, 4.69) is 4.90 Å². The average Bonchev–Trinajstić information content (AvgIpc) is 2.61. The minimum atomic E-state index is -0.657. The summed E-state index contributed by atoms with van der Waals surface area (Å²) in [4.78, 5) is 13.6. The Morgan fingerprint density at radius 3 is 2.65 bits per heavy atom. The normalized spacial score (nSPS) is 25.7. The van der Waals surface area contributed by atoms with E-state index in [1.54, 1.807) is 12.1 Å². The first kappa shape index (κ1) is 20.8. The molecular formula is C19H28ClFN2O3. The molecular weight excluding hydrogens is 359 g/mol. The van der Waals surface area contributed by atoms with Gasteiger partial charge in [0.1, 0.15) is 17.7 Å². The van der Waals surface area contributed by atoms with Gasteiger partial charge in [0.2, 0.25) is 0 Å². The van der Waals surface area contributed by atoms with Gasteiger partial charge in [-0.1, -0.05) is 12.8 Å². The SMILES string of the molecule is Cl.NC(=O)O[C@H]1CCN(CCCOc2ccc(F)cc2)C2CCCC[C@H]21. The van der Waals surface area contributed by atoms with Crippen molar-refractivity contribution in [3.63, 3.8) is 0 Å². The van der Waals surface area contributed by atoms with E-state index in [4.69, 9.17) is 15.2 Å². The number of fused-ring (bicyclic) bond motifs is 1. The largest absolute Gasteiger partial charge is 0.494 e. The number of halogens is 2. The van der Waals surface area contributed by atoms with Crippen molar-refractivity contribution in [1.29, 1.82) is 0 Å². The fourth-order valence-corrected chi connectivity index (χ4v) is 4.26. The molecule has 146 valence electrons. The molecule has 7 heteroatoms. The van der Waals surface area contributed by atoms with Gasteiger partial charge in [-0.05, 0) is 49.9 Å². The average molecular weight is 387 g/mol. The van der Waals surface area contributed by atoms with E-state index < -0.39 is 6.09 Å². The predicted molar refractivity (Wildman–Crippen MR) is 100 cm³/mol. The van der Waals surface area contributed by atoms with Crippen LogP contribution in [0.3, 0.4) is 0 Å². The van der Waals surface area contributed by atoms with E-state index in [1.165, 1.54) is 25.0 Å². The van der Waals surface area contributed by atoms with Crippen LogP contribution >= 0.6 is 12.4 Å². The van der Waals surface area contributed by atoms with Gasteiger partial charge in [-0.3, -0.25) is 4.90 Å². The van der Waals surface area contributed by atoms with Crippen LogP contribution in [0.4, 0.5) is 9.18 Å². The Labute approximate surface area is 160 Å². The number of amides is 1. The van der Waals surface area contributed by atoms with Crippen molar-refractivity contribution in [1.82, 2.24) is 4.90 Å². The topological polar surface area (TPSA) is 64.8 Å². The highest BCUT2D eigenvalue weighted by atomic mass is 35.5. The van der Waals surface area contributed by atoms with E-state index in [0.717, 1.165) is 38.8 Å². The number of rotatable bonds is 6. The van der Waals surface area contributed by atoms with Crippen molar-refractivity contribution in [2.24, 2.45) is 11.7 Å². The van der Waals surface area contributed by atoms with Gasteiger partial charge in [-0.15, -0.1) is 12.4 Å². The summed E-state index contributed by atoms with van der Waals surface area (Å²) in [7, 11) is 0. The molecule has 1 aromatic carbocycles. The molecule has 0 bridgehead atoms. The number of nitrogens with two attached hydrogens (primary N) is 1. The summed E-state index contributed by atoms with van der Waals surface area (Å²) in [6.45, 7) is 2.50. The maximum absolute atomic E-state index is 12.9. The van der Waals surface area contributed by atoms with E-state index in [9.17, 15) is 9.18 Å². The fourth-order valence-electron chi connectivity index (χ4n) is 4.26. The monoisotopic (exact) mass is 386 g/mol. The number of benzene rings is 1. The van der Waals surface area contributed by atoms with Crippen LogP contribution in [-0.2, 0) is 4.74 Å². The molecule has 1 saturated heterocycles. The molecule has 3 rings (SSSR count). The van der Waals surface area contributed by atoms with Gasteiger partial charge in [-0.2, -0.15) is 0 Å². The quantitative estimate of drug-likeness (QED) is 0.756. The van der Waals surface area contributed by atoms with Crippen LogP contribution < -0.4 is 10.5 Å². The van der Waals surface area contributed by atoms with Gasteiger partial charge < -0.3 is 15.2 Å². The Morgan fingerprint density at radius 1 is 1.19 bits per heavy atom. The second kappa shape index (κ2) is 9.97. The highest BCUT2D eigenvalue weighted by Gasteiger charge is 2.40. The van der Waals surface area contributed by atoms with Gasteiger partial charge in [0.15, 0.2) is 0 Å². The molecule has 1 unspecified atom stereocenters. The van der Waals surface area contributed by atoms with Crippen molar-refractivity contribution >= 4 is 18.5 Å². The van der Waals surface area contributed by atoms with Crippen LogP contribution in [0.5, 0.6) is 5.75 Å². The second-order valence-corrected chi connectivity index (χ2v) is 6.97. The number of piperidine rings is 1. The summed E-state index contributed by atoms with van der Waals surface area (Å²) in [5, 5.41) is 0. The second-order valence-electron chi connectivity index (χ2n) is 6.97. The van der Waals surface area contributed by atoms with Gasteiger partial charge in [0, 0.05) is 25.0 Å². The van der Waals surface area contributed by atoms with Gasteiger partial charge in [-0.25, -0.2) is 9.18 Å². The third-order valence-corrected chi connectivity index (χ3v) is 5.37. The van der Waals surface area contributed by atoms with Crippen LogP contribution in [0.1, 0.15) is 38.5 Å². The minimum absolute atomic E-state index is 0. The Kier molecular flexibility index (Phi) is 7.97.